The van der Waals surface area contributed by atoms with Crippen molar-refractivity contribution in [3.05, 3.63) is 65.4 Å². The molecule has 3 heterocycles. The molecule has 0 saturated heterocycles. The third-order valence-electron chi connectivity index (χ3n) is 5.85. The summed E-state index contributed by atoms with van der Waals surface area (Å²) in [4.78, 5) is 13.6. The second-order valence-electron chi connectivity index (χ2n) is 7.67. The highest BCUT2D eigenvalue weighted by atomic mass is 19.2. The summed E-state index contributed by atoms with van der Waals surface area (Å²) in [6.07, 6.45) is 9.54. The van der Waals surface area contributed by atoms with Gasteiger partial charge < -0.3 is 4.57 Å². The van der Waals surface area contributed by atoms with Crippen molar-refractivity contribution in [1.29, 1.82) is 0 Å². The lowest BCUT2D eigenvalue weighted by Gasteiger charge is -2.25. The van der Waals surface area contributed by atoms with Crippen molar-refractivity contribution in [2.45, 2.75) is 39.2 Å². The summed E-state index contributed by atoms with van der Waals surface area (Å²) in [7, 11) is 0. The predicted octanol–water partition coefficient (Wildman–Crippen LogP) is 4.96. The van der Waals surface area contributed by atoms with Crippen LogP contribution in [0.5, 0.6) is 0 Å². The Morgan fingerprint density at radius 1 is 1.11 bits per heavy atom. The molecule has 0 bridgehead atoms. The standard InChI is InChI=1S/C22H20F2N4/c1-13-7-8-26-22-21(13)27-19(9-14-3-2-4-14)28(22)12-15-10-25-11-17-16(15)5-6-18(23)20(17)24/h5-8,10-11,14H,2-4,9,12H2,1H3. The first-order valence-electron chi connectivity index (χ1n) is 9.63. The van der Waals surface area contributed by atoms with Crippen molar-refractivity contribution in [3.8, 4) is 0 Å². The molecular weight excluding hydrogens is 358 g/mol. The second-order valence-corrected chi connectivity index (χ2v) is 7.67. The van der Waals surface area contributed by atoms with Gasteiger partial charge in [0.05, 0.1) is 6.54 Å². The van der Waals surface area contributed by atoms with Gasteiger partial charge in [-0.25, -0.2) is 18.7 Å². The van der Waals surface area contributed by atoms with Crippen molar-refractivity contribution < 1.29 is 8.78 Å². The molecular formula is C22H20F2N4. The lowest BCUT2D eigenvalue weighted by molar-refractivity contribution is 0.307. The highest BCUT2D eigenvalue weighted by Crippen LogP contribution is 2.31. The van der Waals surface area contributed by atoms with E-state index in [1.165, 1.54) is 31.5 Å². The highest BCUT2D eigenvalue weighted by Gasteiger charge is 2.23. The topological polar surface area (TPSA) is 43.6 Å². The Labute approximate surface area is 161 Å². The number of rotatable bonds is 4. The normalized spacial score (nSPS) is 14.7. The molecule has 1 fully saturated rings. The Morgan fingerprint density at radius 2 is 1.96 bits per heavy atom. The van der Waals surface area contributed by atoms with Gasteiger partial charge in [-0.15, -0.1) is 0 Å². The number of hydrogen-bond acceptors (Lipinski definition) is 3. The molecule has 0 aliphatic heterocycles. The molecule has 0 radical (unpaired) electrons. The van der Waals surface area contributed by atoms with E-state index < -0.39 is 11.6 Å². The van der Waals surface area contributed by atoms with E-state index in [1.54, 1.807) is 18.5 Å². The minimum atomic E-state index is -0.859. The number of hydrogen-bond donors (Lipinski definition) is 0. The average molecular weight is 378 g/mol. The largest absolute Gasteiger partial charge is 0.308 e. The van der Waals surface area contributed by atoms with E-state index in [0.29, 0.717) is 17.8 Å². The maximum absolute atomic E-state index is 14.2. The summed E-state index contributed by atoms with van der Waals surface area (Å²) in [5.41, 5.74) is 3.65. The first-order chi connectivity index (χ1) is 13.6. The van der Waals surface area contributed by atoms with Crippen LogP contribution in [-0.2, 0) is 13.0 Å². The van der Waals surface area contributed by atoms with Gasteiger partial charge in [-0.1, -0.05) is 25.3 Å². The maximum atomic E-state index is 14.2. The van der Waals surface area contributed by atoms with E-state index in [-0.39, 0.29) is 5.39 Å². The van der Waals surface area contributed by atoms with Crippen molar-refractivity contribution in [3.63, 3.8) is 0 Å². The molecule has 4 nitrogen and oxygen atoms in total. The molecule has 0 atom stereocenters. The zero-order valence-corrected chi connectivity index (χ0v) is 15.6. The quantitative estimate of drug-likeness (QED) is 0.504. The van der Waals surface area contributed by atoms with Crippen LogP contribution in [0.4, 0.5) is 8.78 Å². The van der Waals surface area contributed by atoms with Crippen molar-refractivity contribution >= 4 is 21.9 Å². The molecule has 0 amide bonds. The lowest BCUT2D eigenvalue weighted by Crippen LogP contribution is -2.17. The number of aromatic nitrogens is 4. The maximum Gasteiger partial charge on any atom is 0.168 e. The average Bonchev–Trinajstić information content (AvgIpc) is 3.01. The zero-order chi connectivity index (χ0) is 19.3. The molecule has 0 unspecified atom stereocenters. The zero-order valence-electron chi connectivity index (χ0n) is 15.6. The monoisotopic (exact) mass is 378 g/mol. The number of nitrogens with zero attached hydrogens (tertiary/aromatic N) is 4. The molecule has 1 aliphatic rings. The van der Waals surface area contributed by atoms with Crippen LogP contribution in [0.3, 0.4) is 0 Å². The van der Waals surface area contributed by atoms with Gasteiger partial charge in [-0.3, -0.25) is 4.98 Å². The number of imidazole rings is 1. The van der Waals surface area contributed by atoms with Crippen molar-refractivity contribution in [2.75, 3.05) is 0 Å². The second kappa shape index (κ2) is 6.62. The predicted molar refractivity (Wildman–Crippen MR) is 104 cm³/mol. The third-order valence-corrected chi connectivity index (χ3v) is 5.85. The van der Waals surface area contributed by atoms with Gasteiger partial charge in [0.1, 0.15) is 11.3 Å². The van der Waals surface area contributed by atoms with Crippen LogP contribution >= 0.6 is 0 Å². The van der Waals surface area contributed by atoms with E-state index in [2.05, 4.69) is 14.5 Å². The Bertz CT molecular complexity index is 1190. The first-order valence-corrected chi connectivity index (χ1v) is 9.63. The first kappa shape index (κ1) is 17.2. The smallest absolute Gasteiger partial charge is 0.168 e. The van der Waals surface area contributed by atoms with E-state index >= 15 is 0 Å². The third kappa shape index (κ3) is 2.75. The van der Waals surface area contributed by atoms with E-state index in [4.69, 9.17) is 4.98 Å². The molecule has 28 heavy (non-hydrogen) atoms. The molecule has 142 valence electrons. The molecule has 0 N–H and O–H groups in total. The molecule has 0 spiro atoms. The van der Waals surface area contributed by atoms with Crippen LogP contribution in [0.25, 0.3) is 21.9 Å². The molecule has 1 saturated carbocycles. The number of fused-ring (bicyclic) bond motifs is 2. The minimum Gasteiger partial charge on any atom is -0.308 e. The van der Waals surface area contributed by atoms with Gasteiger partial charge in [0.2, 0.25) is 0 Å². The van der Waals surface area contributed by atoms with Gasteiger partial charge in [0.15, 0.2) is 17.3 Å². The molecule has 1 aromatic carbocycles. The van der Waals surface area contributed by atoms with Crippen LogP contribution in [0.15, 0.2) is 36.8 Å². The van der Waals surface area contributed by atoms with E-state index in [0.717, 1.165) is 34.5 Å². The van der Waals surface area contributed by atoms with Crippen LogP contribution in [-0.4, -0.2) is 19.5 Å². The molecule has 1 aliphatic carbocycles. The number of pyridine rings is 2. The van der Waals surface area contributed by atoms with E-state index in [1.807, 2.05) is 13.0 Å². The highest BCUT2D eigenvalue weighted by molar-refractivity contribution is 5.85. The fourth-order valence-corrected chi connectivity index (χ4v) is 4.00. The van der Waals surface area contributed by atoms with Gasteiger partial charge >= 0.3 is 0 Å². The molecule has 5 rings (SSSR count). The summed E-state index contributed by atoms with van der Waals surface area (Å²) in [6.45, 7) is 2.51. The summed E-state index contributed by atoms with van der Waals surface area (Å²) in [5, 5.41) is 0.865. The Kier molecular flexibility index (Phi) is 4.07. The van der Waals surface area contributed by atoms with Crippen LogP contribution in [0, 0.1) is 24.5 Å². The van der Waals surface area contributed by atoms with Crippen molar-refractivity contribution in [2.24, 2.45) is 5.92 Å². The SMILES string of the molecule is Cc1ccnc2c1nc(CC1CCC1)n2Cc1cncc2c(F)c(F)ccc12. The lowest BCUT2D eigenvalue weighted by atomic mass is 9.83. The van der Waals surface area contributed by atoms with Gasteiger partial charge in [-0.05, 0) is 41.5 Å². The molecule has 4 aromatic rings. The number of benzene rings is 1. The Hall–Kier alpha value is -2.89. The van der Waals surface area contributed by atoms with Gasteiger partial charge in [0.25, 0.3) is 0 Å². The fraction of sp³-hybridized carbons (Fsp3) is 0.318. The van der Waals surface area contributed by atoms with Crippen LogP contribution in [0.1, 0.15) is 36.2 Å². The summed E-state index contributed by atoms with van der Waals surface area (Å²) in [6, 6.07) is 4.75. The number of halogens is 2. The van der Waals surface area contributed by atoms with Gasteiger partial charge in [-0.2, -0.15) is 0 Å². The fourth-order valence-electron chi connectivity index (χ4n) is 4.00. The molecule has 3 aromatic heterocycles. The number of aryl methyl sites for hydroxylation is 1. The summed E-state index contributed by atoms with van der Waals surface area (Å²) >= 11 is 0. The molecule has 6 heteroatoms. The Morgan fingerprint density at radius 3 is 2.75 bits per heavy atom. The van der Waals surface area contributed by atoms with Gasteiger partial charge in [0, 0.05) is 30.4 Å². The summed E-state index contributed by atoms with van der Waals surface area (Å²) in [5.74, 6) is -0.0531. The van der Waals surface area contributed by atoms with Crippen molar-refractivity contribution in [1.82, 2.24) is 19.5 Å². The minimum absolute atomic E-state index is 0.201. The Balaban J connectivity index is 1.65. The van der Waals surface area contributed by atoms with Crippen LogP contribution in [0.2, 0.25) is 0 Å². The van der Waals surface area contributed by atoms with Crippen LogP contribution < -0.4 is 0 Å². The van der Waals surface area contributed by atoms with E-state index in [9.17, 15) is 8.78 Å². The summed E-state index contributed by atoms with van der Waals surface area (Å²) < 4.78 is 30.0.